The lowest BCUT2D eigenvalue weighted by atomic mass is 10.3. The van der Waals surface area contributed by atoms with E-state index in [4.69, 9.17) is 4.74 Å². The fourth-order valence-corrected chi connectivity index (χ4v) is 0.845. The minimum atomic E-state index is 0.900. The Morgan fingerprint density at radius 2 is 2.11 bits per heavy atom. The highest BCUT2D eigenvalue weighted by atomic mass is 16.5. The van der Waals surface area contributed by atoms with Crippen molar-refractivity contribution in [1.82, 2.24) is 0 Å². The van der Waals surface area contributed by atoms with Gasteiger partial charge in [0.2, 0.25) is 6.73 Å². The maximum absolute atomic E-state index is 5.06. The van der Waals surface area contributed by atoms with Crippen molar-refractivity contribution in [2.45, 2.75) is 0 Å². The maximum Gasteiger partial charge on any atom is 0.226 e. The van der Waals surface area contributed by atoms with Gasteiger partial charge in [-0.25, -0.2) is 0 Å². The van der Waals surface area contributed by atoms with Crippen molar-refractivity contribution in [2.75, 3.05) is 5.32 Å². The lowest BCUT2D eigenvalue weighted by Crippen LogP contribution is -1.86. The molecule has 0 bridgehead atoms. The van der Waals surface area contributed by atoms with E-state index in [1.807, 2.05) is 24.3 Å². The average Bonchev–Trinajstić information content (AvgIpc) is 2.33. The summed E-state index contributed by atoms with van der Waals surface area (Å²) in [5, 5.41) is 2.95. The Balaban J connectivity index is 2.54. The second kappa shape index (κ2) is 1.65. The Kier molecular flexibility index (Phi) is 0.859. The molecule has 1 radical (unpaired) electrons. The van der Waals surface area contributed by atoms with Crippen LogP contribution in [-0.4, -0.2) is 0 Å². The summed E-state index contributed by atoms with van der Waals surface area (Å²) >= 11 is 0. The van der Waals surface area contributed by atoms with E-state index in [1.165, 1.54) is 0 Å². The normalized spacial score (nSPS) is 13.8. The molecule has 1 aromatic carbocycles. The number of nitrogens with one attached hydrogen (secondary N) is 1. The minimum Gasteiger partial charge on any atom is -0.462 e. The van der Waals surface area contributed by atoms with Crippen LogP contribution in [0.3, 0.4) is 0 Å². The van der Waals surface area contributed by atoms with E-state index in [-0.39, 0.29) is 0 Å². The molecular formula is C7H6NO. The van der Waals surface area contributed by atoms with Crippen molar-refractivity contribution in [3.8, 4) is 5.75 Å². The number of benzene rings is 1. The zero-order valence-corrected chi connectivity index (χ0v) is 4.79. The summed E-state index contributed by atoms with van der Waals surface area (Å²) in [5.74, 6) is 0.900. The van der Waals surface area contributed by atoms with Gasteiger partial charge >= 0.3 is 0 Å². The van der Waals surface area contributed by atoms with Crippen molar-refractivity contribution in [3.63, 3.8) is 0 Å². The third-order valence-electron chi connectivity index (χ3n) is 1.29. The smallest absolute Gasteiger partial charge is 0.226 e. The molecule has 1 aliphatic rings. The van der Waals surface area contributed by atoms with Crippen molar-refractivity contribution >= 4 is 5.69 Å². The van der Waals surface area contributed by atoms with Gasteiger partial charge in [-0.05, 0) is 12.1 Å². The molecule has 0 fully saturated rings. The summed E-state index contributed by atoms with van der Waals surface area (Å²) < 4.78 is 5.06. The van der Waals surface area contributed by atoms with E-state index in [9.17, 15) is 0 Å². The molecule has 1 N–H and O–H groups in total. The summed E-state index contributed by atoms with van der Waals surface area (Å²) in [6, 6.07) is 7.80. The van der Waals surface area contributed by atoms with Gasteiger partial charge in [0.25, 0.3) is 0 Å². The van der Waals surface area contributed by atoms with E-state index >= 15 is 0 Å². The van der Waals surface area contributed by atoms with Crippen LogP contribution in [0.5, 0.6) is 5.75 Å². The molecule has 2 rings (SSSR count). The highest BCUT2D eigenvalue weighted by Gasteiger charge is 2.07. The van der Waals surface area contributed by atoms with Gasteiger partial charge in [-0.1, -0.05) is 12.1 Å². The number of para-hydroxylation sites is 2. The molecule has 2 heteroatoms. The fraction of sp³-hybridized carbons (Fsp3) is 0. The predicted octanol–water partition coefficient (Wildman–Crippen LogP) is 1.61. The monoisotopic (exact) mass is 120 g/mol. The second-order valence-corrected chi connectivity index (χ2v) is 1.88. The molecule has 0 atom stereocenters. The van der Waals surface area contributed by atoms with Crippen LogP contribution in [0.25, 0.3) is 0 Å². The molecule has 45 valence electrons. The van der Waals surface area contributed by atoms with Crippen LogP contribution in [0.4, 0.5) is 5.69 Å². The molecule has 9 heavy (non-hydrogen) atoms. The highest BCUT2D eigenvalue weighted by Crippen LogP contribution is 2.28. The first-order valence-electron chi connectivity index (χ1n) is 2.81. The standard InChI is InChI=1S/C7H6NO/c1-2-4-7-6(3-1)8-5-9-7/h1-5,8H. The van der Waals surface area contributed by atoms with Crippen LogP contribution in [0.15, 0.2) is 24.3 Å². The van der Waals surface area contributed by atoms with E-state index in [0.29, 0.717) is 0 Å². The van der Waals surface area contributed by atoms with Gasteiger partial charge in [0, 0.05) is 0 Å². The molecule has 2 nitrogen and oxygen atoms in total. The molecule has 1 heterocycles. The number of hydrogen-bond acceptors (Lipinski definition) is 2. The highest BCUT2D eigenvalue weighted by molar-refractivity contribution is 5.60. The van der Waals surface area contributed by atoms with E-state index < -0.39 is 0 Å². The quantitative estimate of drug-likeness (QED) is 0.561. The van der Waals surface area contributed by atoms with Gasteiger partial charge in [-0.2, -0.15) is 0 Å². The van der Waals surface area contributed by atoms with Gasteiger partial charge in [-0.15, -0.1) is 0 Å². The summed E-state index contributed by atoms with van der Waals surface area (Å²) in [7, 11) is 0. The van der Waals surface area contributed by atoms with Crippen LogP contribution in [0.1, 0.15) is 0 Å². The molecule has 0 saturated carbocycles. The number of anilines is 1. The summed E-state index contributed by atoms with van der Waals surface area (Å²) in [4.78, 5) is 0. The number of hydrogen-bond donors (Lipinski definition) is 1. The molecular weight excluding hydrogens is 114 g/mol. The Morgan fingerprint density at radius 1 is 1.22 bits per heavy atom. The molecule has 0 aliphatic carbocycles. The van der Waals surface area contributed by atoms with E-state index in [1.54, 1.807) is 6.73 Å². The maximum atomic E-state index is 5.06. The third-order valence-corrected chi connectivity index (χ3v) is 1.29. The Hall–Kier alpha value is -1.18. The van der Waals surface area contributed by atoms with Crippen LogP contribution < -0.4 is 10.1 Å². The summed E-state index contributed by atoms with van der Waals surface area (Å²) in [5.41, 5.74) is 1.04. The number of ether oxygens (including phenoxy) is 1. The van der Waals surface area contributed by atoms with Gasteiger partial charge in [0.15, 0.2) is 0 Å². The lowest BCUT2D eigenvalue weighted by molar-refractivity contribution is 0.446. The van der Waals surface area contributed by atoms with Crippen molar-refractivity contribution < 1.29 is 4.74 Å². The molecule has 0 unspecified atom stereocenters. The van der Waals surface area contributed by atoms with Crippen LogP contribution >= 0.6 is 0 Å². The SMILES string of the molecule is [CH]1Nc2ccccc2O1. The Bertz CT molecular complexity index is 199. The second-order valence-electron chi connectivity index (χ2n) is 1.88. The predicted molar refractivity (Wildman–Crippen MR) is 35.0 cm³/mol. The van der Waals surface area contributed by atoms with Crippen molar-refractivity contribution in [2.24, 2.45) is 0 Å². The molecule has 0 saturated heterocycles. The minimum absolute atomic E-state index is 0.900. The van der Waals surface area contributed by atoms with Crippen molar-refractivity contribution in [1.29, 1.82) is 0 Å². The first-order valence-corrected chi connectivity index (χ1v) is 2.81. The molecule has 1 aromatic rings. The average molecular weight is 120 g/mol. The zero-order chi connectivity index (χ0) is 6.10. The van der Waals surface area contributed by atoms with Crippen LogP contribution in [0, 0.1) is 6.73 Å². The summed E-state index contributed by atoms with van der Waals surface area (Å²) in [6.07, 6.45) is 0. The Morgan fingerprint density at radius 3 is 3.00 bits per heavy atom. The first-order chi connectivity index (χ1) is 4.47. The Labute approximate surface area is 53.5 Å². The fourth-order valence-electron chi connectivity index (χ4n) is 0.845. The van der Waals surface area contributed by atoms with Gasteiger partial charge < -0.3 is 10.1 Å². The van der Waals surface area contributed by atoms with Crippen LogP contribution in [-0.2, 0) is 0 Å². The number of rotatable bonds is 0. The summed E-state index contributed by atoms with van der Waals surface area (Å²) in [6.45, 7) is 1.57. The number of fused-ring (bicyclic) bond motifs is 1. The third kappa shape index (κ3) is 0.633. The lowest BCUT2D eigenvalue weighted by Gasteiger charge is -1.91. The van der Waals surface area contributed by atoms with Crippen molar-refractivity contribution in [3.05, 3.63) is 31.0 Å². The van der Waals surface area contributed by atoms with Crippen LogP contribution in [0.2, 0.25) is 0 Å². The van der Waals surface area contributed by atoms with Gasteiger partial charge in [0.1, 0.15) is 5.75 Å². The van der Waals surface area contributed by atoms with Gasteiger partial charge in [0.05, 0.1) is 5.69 Å². The topological polar surface area (TPSA) is 21.3 Å². The molecule has 0 aromatic heterocycles. The molecule has 1 aliphatic heterocycles. The first kappa shape index (κ1) is 4.68. The van der Waals surface area contributed by atoms with E-state index in [2.05, 4.69) is 5.32 Å². The zero-order valence-electron chi connectivity index (χ0n) is 4.79. The van der Waals surface area contributed by atoms with E-state index in [0.717, 1.165) is 11.4 Å². The molecule has 0 spiro atoms. The van der Waals surface area contributed by atoms with Gasteiger partial charge in [-0.3, -0.25) is 0 Å². The molecule has 0 amide bonds. The largest absolute Gasteiger partial charge is 0.462 e.